The van der Waals surface area contributed by atoms with E-state index in [1.165, 1.54) is 12.8 Å². The second kappa shape index (κ2) is 5.61. The largest absolute Gasteiger partial charge is 0.394 e. The minimum atomic E-state index is 0.800. The third-order valence-corrected chi connectivity index (χ3v) is 3.66. The smallest absolute Gasteiger partial charge is 0.147 e. The van der Waals surface area contributed by atoms with Crippen LogP contribution >= 0.6 is 0 Å². The van der Waals surface area contributed by atoms with Crippen molar-refractivity contribution in [1.82, 2.24) is 14.7 Å². The van der Waals surface area contributed by atoms with Gasteiger partial charge in [0, 0.05) is 26.2 Å². The summed E-state index contributed by atoms with van der Waals surface area (Å²) in [6.07, 6.45) is 3.61. The van der Waals surface area contributed by atoms with Crippen LogP contribution in [0.1, 0.15) is 32.4 Å². The number of hydrogen-bond donors (Lipinski definition) is 2. The Kier molecular flexibility index (Phi) is 4.11. The molecule has 0 radical (unpaired) electrons. The molecule has 1 aliphatic rings. The van der Waals surface area contributed by atoms with Crippen molar-refractivity contribution in [2.24, 2.45) is 7.05 Å². The number of likely N-dealkylation sites (N-methyl/N-ethyl adjacent to an activating group) is 1. The second-order valence-electron chi connectivity index (χ2n) is 4.97. The van der Waals surface area contributed by atoms with Gasteiger partial charge in [0.25, 0.3) is 0 Å². The summed E-state index contributed by atoms with van der Waals surface area (Å²) in [6.45, 7) is 7.44. The molecular weight excluding hydrogens is 226 g/mol. The number of anilines is 2. The van der Waals surface area contributed by atoms with E-state index in [4.69, 9.17) is 5.73 Å². The molecule has 1 saturated carbocycles. The maximum Gasteiger partial charge on any atom is 0.147 e. The lowest BCUT2D eigenvalue weighted by Gasteiger charge is -2.20. The van der Waals surface area contributed by atoms with Gasteiger partial charge in [-0.25, -0.2) is 0 Å². The standard InChI is InChI=1S/C13H25N5/c1-4-11-12(14)13(17(3)16-11)15-8-9-18(5-2)10-6-7-10/h10,15H,4-9,14H2,1-3H3. The average Bonchev–Trinajstić information content (AvgIpc) is 3.15. The fourth-order valence-corrected chi connectivity index (χ4v) is 2.42. The first-order valence-corrected chi connectivity index (χ1v) is 6.96. The summed E-state index contributed by atoms with van der Waals surface area (Å²) < 4.78 is 1.85. The van der Waals surface area contributed by atoms with E-state index >= 15 is 0 Å². The highest BCUT2D eigenvalue weighted by Crippen LogP contribution is 2.26. The zero-order chi connectivity index (χ0) is 13.1. The highest BCUT2D eigenvalue weighted by molar-refractivity contribution is 5.64. The maximum absolute atomic E-state index is 6.08. The van der Waals surface area contributed by atoms with Crippen LogP contribution in [0.2, 0.25) is 0 Å². The van der Waals surface area contributed by atoms with Gasteiger partial charge in [0.1, 0.15) is 5.82 Å². The van der Waals surface area contributed by atoms with Crippen molar-refractivity contribution >= 4 is 11.5 Å². The first-order valence-electron chi connectivity index (χ1n) is 6.96. The normalized spacial score (nSPS) is 15.3. The van der Waals surface area contributed by atoms with Crippen LogP contribution in [-0.4, -0.2) is 40.4 Å². The minimum Gasteiger partial charge on any atom is -0.394 e. The van der Waals surface area contributed by atoms with Crippen LogP contribution in [0.3, 0.4) is 0 Å². The summed E-state index contributed by atoms with van der Waals surface area (Å²) in [4.78, 5) is 2.53. The SMILES string of the molecule is CCc1nn(C)c(NCCN(CC)C2CC2)c1N. The number of nitrogens with one attached hydrogen (secondary N) is 1. The van der Waals surface area contributed by atoms with E-state index in [9.17, 15) is 0 Å². The molecule has 18 heavy (non-hydrogen) atoms. The molecule has 0 atom stereocenters. The molecule has 0 aromatic carbocycles. The molecule has 1 aromatic heterocycles. The maximum atomic E-state index is 6.08. The van der Waals surface area contributed by atoms with Crippen molar-refractivity contribution in [2.45, 2.75) is 39.2 Å². The third kappa shape index (κ3) is 2.77. The average molecular weight is 251 g/mol. The van der Waals surface area contributed by atoms with E-state index in [1.54, 1.807) is 0 Å². The highest BCUT2D eigenvalue weighted by atomic mass is 15.3. The van der Waals surface area contributed by atoms with Crippen LogP contribution in [0, 0.1) is 0 Å². The number of aromatic nitrogens is 2. The molecule has 0 bridgehead atoms. The molecule has 1 aromatic rings. The lowest BCUT2D eigenvalue weighted by Crippen LogP contribution is -2.31. The molecule has 0 saturated heterocycles. The first-order chi connectivity index (χ1) is 8.67. The second-order valence-corrected chi connectivity index (χ2v) is 4.97. The lowest BCUT2D eigenvalue weighted by atomic mass is 10.3. The fourth-order valence-electron chi connectivity index (χ4n) is 2.42. The van der Waals surface area contributed by atoms with E-state index in [0.29, 0.717) is 0 Å². The van der Waals surface area contributed by atoms with Crippen molar-refractivity contribution in [3.63, 3.8) is 0 Å². The Balaban J connectivity index is 1.87. The summed E-state index contributed by atoms with van der Waals surface area (Å²) in [6, 6.07) is 0.826. The number of nitrogens with zero attached hydrogens (tertiary/aromatic N) is 3. The Labute approximate surface area is 109 Å². The molecule has 0 spiro atoms. The number of aryl methyl sites for hydroxylation is 2. The van der Waals surface area contributed by atoms with E-state index in [0.717, 1.165) is 49.3 Å². The molecule has 2 rings (SSSR count). The van der Waals surface area contributed by atoms with Crippen LogP contribution in [0.5, 0.6) is 0 Å². The molecule has 5 nitrogen and oxygen atoms in total. The summed E-state index contributed by atoms with van der Waals surface area (Å²) in [5.74, 6) is 0.957. The van der Waals surface area contributed by atoms with Crippen LogP contribution < -0.4 is 11.1 Å². The summed E-state index contributed by atoms with van der Waals surface area (Å²) in [5, 5.41) is 7.83. The zero-order valence-corrected chi connectivity index (χ0v) is 11.7. The van der Waals surface area contributed by atoms with Crippen LogP contribution in [-0.2, 0) is 13.5 Å². The highest BCUT2D eigenvalue weighted by Gasteiger charge is 2.27. The Bertz CT molecular complexity index is 394. The molecule has 0 aliphatic heterocycles. The monoisotopic (exact) mass is 251 g/mol. The Morgan fingerprint density at radius 3 is 2.67 bits per heavy atom. The van der Waals surface area contributed by atoms with Gasteiger partial charge in [-0.05, 0) is 25.8 Å². The van der Waals surface area contributed by atoms with E-state index in [1.807, 2.05) is 11.7 Å². The number of rotatable bonds is 7. The summed E-state index contributed by atoms with van der Waals surface area (Å²) >= 11 is 0. The van der Waals surface area contributed by atoms with E-state index in [-0.39, 0.29) is 0 Å². The van der Waals surface area contributed by atoms with Gasteiger partial charge in [0.2, 0.25) is 0 Å². The first kappa shape index (κ1) is 13.2. The Hall–Kier alpha value is -1.23. The third-order valence-electron chi connectivity index (χ3n) is 3.66. The van der Waals surface area contributed by atoms with Gasteiger partial charge >= 0.3 is 0 Å². The van der Waals surface area contributed by atoms with Crippen molar-refractivity contribution in [2.75, 3.05) is 30.7 Å². The predicted octanol–water partition coefficient (Wildman–Crippen LogP) is 1.46. The van der Waals surface area contributed by atoms with E-state index in [2.05, 4.69) is 29.2 Å². The van der Waals surface area contributed by atoms with E-state index < -0.39 is 0 Å². The van der Waals surface area contributed by atoms with Crippen LogP contribution in [0.25, 0.3) is 0 Å². The molecule has 0 amide bonds. The van der Waals surface area contributed by atoms with Gasteiger partial charge in [0.15, 0.2) is 0 Å². The Morgan fingerprint density at radius 1 is 1.44 bits per heavy atom. The van der Waals surface area contributed by atoms with Crippen molar-refractivity contribution in [3.05, 3.63) is 5.69 Å². The predicted molar refractivity (Wildman–Crippen MR) is 75.8 cm³/mol. The van der Waals surface area contributed by atoms with Crippen molar-refractivity contribution in [1.29, 1.82) is 0 Å². The number of hydrogen-bond acceptors (Lipinski definition) is 4. The van der Waals surface area contributed by atoms with Crippen LogP contribution in [0.4, 0.5) is 11.5 Å². The topological polar surface area (TPSA) is 59.1 Å². The number of nitrogens with two attached hydrogens (primary N) is 1. The zero-order valence-electron chi connectivity index (χ0n) is 11.7. The molecule has 1 heterocycles. The van der Waals surface area contributed by atoms with Crippen LogP contribution in [0.15, 0.2) is 0 Å². The molecule has 1 fully saturated rings. The molecule has 0 unspecified atom stereocenters. The molecule has 1 aliphatic carbocycles. The lowest BCUT2D eigenvalue weighted by molar-refractivity contribution is 0.289. The van der Waals surface area contributed by atoms with Gasteiger partial charge < -0.3 is 11.1 Å². The Morgan fingerprint density at radius 2 is 2.17 bits per heavy atom. The van der Waals surface area contributed by atoms with Gasteiger partial charge in [-0.2, -0.15) is 5.10 Å². The summed E-state index contributed by atoms with van der Waals surface area (Å²) in [7, 11) is 1.94. The van der Waals surface area contributed by atoms with Gasteiger partial charge in [-0.3, -0.25) is 9.58 Å². The fraction of sp³-hybridized carbons (Fsp3) is 0.769. The van der Waals surface area contributed by atoms with Gasteiger partial charge in [-0.1, -0.05) is 13.8 Å². The number of nitrogen functional groups attached to an aromatic ring is 1. The molecule has 3 N–H and O–H groups in total. The van der Waals surface area contributed by atoms with Crippen molar-refractivity contribution in [3.8, 4) is 0 Å². The minimum absolute atomic E-state index is 0.800. The molecule has 102 valence electrons. The summed E-state index contributed by atoms with van der Waals surface area (Å²) in [5.41, 5.74) is 7.86. The van der Waals surface area contributed by atoms with Gasteiger partial charge in [0.05, 0.1) is 11.4 Å². The van der Waals surface area contributed by atoms with Crippen molar-refractivity contribution < 1.29 is 0 Å². The molecule has 5 heteroatoms. The quantitative estimate of drug-likeness (QED) is 0.770. The molecular formula is C13H25N5. The van der Waals surface area contributed by atoms with Gasteiger partial charge in [-0.15, -0.1) is 0 Å².